The largest absolute Gasteiger partial charge is 0.576 e. The number of ether oxygens (including phenoxy) is 2. The summed E-state index contributed by atoms with van der Waals surface area (Å²) in [7, 11) is 0. The highest BCUT2D eigenvalue weighted by Gasteiger charge is 2.34. The van der Waals surface area contributed by atoms with Gasteiger partial charge in [-0.05, 0) is 6.42 Å². The van der Waals surface area contributed by atoms with Crippen LogP contribution in [0.4, 0.5) is 23.0 Å². The van der Waals surface area contributed by atoms with Crippen molar-refractivity contribution in [2.24, 2.45) is 0 Å². The lowest BCUT2D eigenvalue weighted by Crippen LogP contribution is -2.24. The smallest absolute Gasteiger partial charge is 0.462 e. The molecule has 0 aliphatic carbocycles. The molecule has 1 heterocycles. The van der Waals surface area contributed by atoms with E-state index in [-0.39, 0.29) is 22.7 Å². The van der Waals surface area contributed by atoms with E-state index in [9.17, 15) is 27.6 Å². The van der Waals surface area contributed by atoms with Crippen LogP contribution in [0.1, 0.15) is 40.5 Å². The fourth-order valence-corrected chi connectivity index (χ4v) is 2.24. The molecule has 0 aliphatic heterocycles. The summed E-state index contributed by atoms with van der Waals surface area (Å²) in [6, 6.07) is 0. The fourth-order valence-electron chi connectivity index (χ4n) is 1.37. The van der Waals surface area contributed by atoms with Gasteiger partial charge in [0, 0.05) is 10.9 Å². The maximum atomic E-state index is 11.9. The van der Waals surface area contributed by atoms with Crippen molar-refractivity contribution in [3.63, 3.8) is 0 Å². The lowest BCUT2D eigenvalue weighted by molar-refractivity contribution is -0.289. The monoisotopic (exact) mass is 339 g/mol. The quantitative estimate of drug-likeness (QED) is 0.487. The topological polar surface area (TPSA) is 81.7 Å². The molecule has 1 amide bonds. The van der Waals surface area contributed by atoms with E-state index in [1.165, 1.54) is 5.38 Å². The minimum absolute atomic E-state index is 0.0891. The number of hydrogen-bond donors (Lipinski definition) is 1. The molecular formula is C12H12F3NO5S. The molecule has 0 aliphatic rings. The maximum Gasteiger partial charge on any atom is 0.576 e. The molecule has 0 saturated heterocycles. The Morgan fingerprint density at radius 2 is 2.09 bits per heavy atom. The third-order valence-corrected chi connectivity index (χ3v) is 3.22. The van der Waals surface area contributed by atoms with Gasteiger partial charge in [0.15, 0.2) is 6.29 Å². The van der Waals surface area contributed by atoms with Crippen LogP contribution < -0.4 is 5.32 Å². The van der Waals surface area contributed by atoms with Crippen molar-refractivity contribution in [1.29, 1.82) is 0 Å². The number of aldehydes is 1. The number of nitrogens with one attached hydrogen (secondary N) is 1. The number of anilines is 1. The second-order valence-corrected chi connectivity index (χ2v) is 4.84. The van der Waals surface area contributed by atoms with E-state index < -0.39 is 18.4 Å². The molecule has 0 saturated carbocycles. The summed E-state index contributed by atoms with van der Waals surface area (Å²) in [6.07, 6.45) is -5.27. The Morgan fingerprint density at radius 3 is 2.64 bits per heavy atom. The number of thiophene rings is 1. The summed E-state index contributed by atoms with van der Waals surface area (Å²) in [6.45, 7) is 1.96. The number of rotatable bonds is 6. The molecule has 0 unspecified atom stereocenters. The Morgan fingerprint density at radius 1 is 1.41 bits per heavy atom. The van der Waals surface area contributed by atoms with E-state index >= 15 is 0 Å². The number of halogens is 3. The van der Waals surface area contributed by atoms with Crippen molar-refractivity contribution in [3.8, 4) is 0 Å². The van der Waals surface area contributed by atoms with Crippen LogP contribution in [0, 0.1) is 0 Å². The zero-order chi connectivity index (χ0) is 16.8. The van der Waals surface area contributed by atoms with Gasteiger partial charge in [0.05, 0.1) is 6.61 Å². The number of unbranched alkanes of at least 4 members (excludes halogenated alkanes) is 1. The Hall–Kier alpha value is -2.10. The van der Waals surface area contributed by atoms with Crippen LogP contribution in [0.5, 0.6) is 0 Å². The third-order valence-electron chi connectivity index (χ3n) is 2.31. The Bertz CT molecular complexity index is 555. The number of hydrogen-bond acceptors (Lipinski definition) is 6. The Labute approximate surface area is 127 Å². The molecule has 0 aromatic carbocycles. The predicted octanol–water partition coefficient (Wildman–Crippen LogP) is 3.59. The van der Waals surface area contributed by atoms with E-state index in [0.29, 0.717) is 24.0 Å². The molecule has 0 spiro atoms. The van der Waals surface area contributed by atoms with Gasteiger partial charge in [0.1, 0.15) is 10.6 Å². The molecular weight excluding hydrogens is 327 g/mol. The van der Waals surface area contributed by atoms with E-state index in [1.807, 2.05) is 6.92 Å². The first-order chi connectivity index (χ1) is 10.3. The van der Waals surface area contributed by atoms with Crippen LogP contribution >= 0.6 is 11.3 Å². The number of carbonyl (C=O) groups excluding carboxylic acids is 3. The molecule has 1 aromatic heterocycles. The van der Waals surface area contributed by atoms with Crippen LogP contribution in [-0.4, -0.2) is 31.3 Å². The standard InChI is InChI=1S/C12H12F3NO5S/c1-2-3-4-20-10(18)8-7(5-17)6-22-9(8)16-11(19)21-12(13,14)15/h5-6H,2-4H2,1H3,(H,16,19). The summed E-state index contributed by atoms with van der Waals surface area (Å²) in [5, 5.41) is 2.73. The van der Waals surface area contributed by atoms with Crippen molar-refractivity contribution in [1.82, 2.24) is 0 Å². The summed E-state index contributed by atoms with van der Waals surface area (Å²) < 4.78 is 43.8. The number of amides is 1. The highest BCUT2D eigenvalue weighted by atomic mass is 32.1. The summed E-state index contributed by atoms with van der Waals surface area (Å²) in [5.41, 5.74) is -0.385. The second kappa shape index (κ2) is 7.78. The van der Waals surface area contributed by atoms with Crippen molar-refractivity contribution in [2.45, 2.75) is 26.1 Å². The molecule has 0 atom stereocenters. The molecule has 1 rings (SSSR count). The van der Waals surface area contributed by atoms with Gasteiger partial charge in [-0.1, -0.05) is 13.3 Å². The molecule has 0 radical (unpaired) electrons. The van der Waals surface area contributed by atoms with Crippen LogP contribution in [0.25, 0.3) is 0 Å². The summed E-state index contributed by atoms with van der Waals surface area (Å²) >= 11 is 0.711. The number of alkyl halides is 3. The minimum atomic E-state index is -5.16. The second-order valence-electron chi connectivity index (χ2n) is 3.96. The van der Waals surface area contributed by atoms with Crippen molar-refractivity contribution < 1.29 is 37.0 Å². The third kappa shape index (κ3) is 5.35. The number of carbonyl (C=O) groups is 3. The van der Waals surface area contributed by atoms with Crippen LogP contribution in [0.3, 0.4) is 0 Å². The van der Waals surface area contributed by atoms with Gasteiger partial charge in [-0.25, -0.2) is 9.59 Å². The first kappa shape index (κ1) is 18.0. The van der Waals surface area contributed by atoms with Gasteiger partial charge >= 0.3 is 18.4 Å². The van der Waals surface area contributed by atoms with Gasteiger partial charge in [-0.3, -0.25) is 10.1 Å². The molecule has 22 heavy (non-hydrogen) atoms. The molecule has 122 valence electrons. The highest BCUT2D eigenvalue weighted by molar-refractivity contribution is 7.15. The van der Waals surface area contributed by atoms with Crippen molar-refractivity contribution in [2.75, 3.05) is 11.9 Å². The molecule has 1 aromatic rings. The SMILES string of the molecule is CCCCOC(=O)c1c(C=O)csc1NC(=O)OC(F)(F)F. The molecule has 0 fully saturated rings. The normalized spacial score (nSPS) is 10.9. The predicted molar refractivity (Wildman–Crippen MR) is 71.1 cm³/mol. The average molecular weight is 339 g/mol. The summed E-state index contributed by atoms with van der Waals surface area (Å²) in [4.78, 5) is 33.8. The van der Waals surface area contributed by atoms with Crippen molar-refractivity contribution in [3.05, 3.63) is 16.5 Å². The van der Waals surface area contributed by atoms with E-state index in [4.69, 9.17) is 4.74 Å². The van der Waals surface area contributed by atoms with Crippen LogP contribution in [-0.2, 0) is 9.47 Å². The van der Waals surface area contributed by atoms with Crippen LogP contribution in [0.15, 0.2) is 5.38 Å². The van der Waals surface area contributed by atoms with Gasteiger partial charge < -0.3 is 9.47 Å². The Kier molecular flexibility index (Phi) is 6.35. The van der Waals surface area contributed by atoms with Gasteiger partial charge in [-0.2, -0.15) is 0 Å². The maximum absolute atomic E-state index is 11.9. The van der Waals surface area contributed by atoms with E-state index in [2.05, 4.69) is 4.74 Å². The lowest BCUT2D eigenvalue weighted by Gasteiger charge is -2.09. The zero-order valence-electron chi connectivity index (χ0n) is 11.4. The zero-order valence-corrected chi connectivity index (χ0v) is 12.2. The first-order valence-corrected chi connectivity index (χ1v) is 6.97. The van der Waals surface area contributed by atoms with Crippen molar-refractivity contribution >= 4 is 34.7 Å². The fraction of sp³-hybridized carbons (Fsp3) is 0.417. The number of esters is 1. The lowest BCUT2D eigenvalue weighted by atomic mass is 10.2. The van der Waals surface area contributed by atoms with Crippen LogP contribution in [0.2, 0.25) is 0 Å². The van der Waals surface area contributed by atoms with E-state index in [0.717, 1.165) is 6.42 Å². The van der Waals surface area contributed by atoms with Gasteiger partial charge in [0.25, 0.3) is 0 Å². The molecule has 10 heteroatoms. The van der Waals surface area contributed by atoms with Gasteiger partial charge in [-0.15, -0.1) is 24.5 Å². The van der Waals surface area contributed by atoms with Gasteiger partial charge in [0.2, 0.25) is 0 Å². The summed E-state index contributed by atoms with van der Waals surface area (Å²) in [5.74, 6) is -0.904. The highest BCUT2D eigenvalue weighted by Crippen LogP contribution is 2.29. The van der Waals surface area contributed by atoms with E-state index in [1.54, 1.807) is 5.32 Å². The average Bonchev–Trinajstić information content (AvgIpc) is 2.79. The molecule has 6 nitrogen and oxygen atoms in total. The minimum Gasteiger partial charge on any atom is -0.462 e. The Balaban J connectivity index is 2.87. The first-order valence-electron chi connectivity index (χ1n) is 6.09. The molecule has 1 N–H and O–H groups in total. The molecule has 0 bridgehead atoms.